The Labute approximate surface area is 110 Å². The molecule has 3 rings (SSSR count). The van der Waals surface area contributed by atoms with Gasteiger partial charge in [0.1, 0.15) is 0 Å². The van der Waals surface area contributed by atoms with Gasteiger partial charge in [-0.05, 0) is 43.2 Å². The fourth-order valence-corrected chi connectivity index (χ4v) is 3.66. The van der Waals surface area contributed by atoms with Gasteiger partial charge in [0.05, 0.1) is 11.7 Å². The van der Waals surface area contributed by atoms with Gasteiger partial charge in [-0.15, -0.1) is 0 Å². The van der Waals surface area contributed by atoms with E-state index in [0.29, 0.717) is 6.04 Å². The van der Waals surface area contributed by atoms with Gasteiger partial charge in [-0.3, -0.25) is 0 Å². The Hall–Kier alpha value is -1.18. The number of benzene rings is 1. The van der Waals surface area contributed by atoms with Gasteiger partial charge < -0.3 is 0 Å². The summed E-state index contributed by atoms with van der Waals surface area (Å²) in [5.74, 6) is 1.76. The van der Waals surface area contributed by atoms with Crippen LogP contribution < -0.4 is 0 Å². The monoisotopic (exact) mass is 242 g/mol. The summed E-state index contributed by atoms with van der Waals surface area (Å²) in [6.07, 6.45) is 9.71. The van der Waals surface area contributed by atoms with Crippen molar-refractivity contribution in [2.45, 2.75) is 51.0 Å². The van der Waals surface area contributed by atoms with Crippen LogP contribution in [0.5, 0.6) is 0 Å². The highest BCUT2D eigenvalue weighted by atomic mass is 15.1. The summed E-state index contributed by atoms with van der Waals surface area (Å²) in [5.41, 5.74) is 0.995. The first kappa shape index (κ1) is 11.9. The first-order valence-corrected chi connectivity index (χ1v) is 7.39. The molecule has 0 aliphatic heterocycles. The topological polar surface area (TPSA) is 24.7 Å². The molecule has 3 unspecified atom stereocenters. The summed E-state index contributed by atoms with van der Waals surface area (Å²) < 4.78 is 0. The van der Waals surface area contributed by atoms with E-state index in [-0.39, 0.29) is 0 Å². The highest BCUT2D eigenvalue weighted by Crippen LogP contribution is 2.42. The van der Waals surface area contributed by atoms with Crippen molar-refractivity contribution in [1.82, 2.24) is 0 Å². The predicted octanol–water partition coefficient (Wildman–Crippen LogP) is 5.13. The van der Waals surface area contributed by atoms with Crippen molar-refractivity contribution in [2.75, 3.05) is 0 Å². The number of hydrogen-bond acceptors (Lipinski definition) is 2. The molecule has 0 saturated heterocycles. The zero-order valence-corrected chi connectivity index (χ0v) is 11.0. The van der Waals surface area contributed by atoms with Crippen LogP contribution >= 0.6 is 0 Å². The number of azo groups is 1. The smallest absolute Gasteiger partial charge is 0.0852 e. The average molecular weight is 242 g/mol. The molecule has 2 aliphatic rings. The van der Waals surface area contributed by atoms with Gasteiger partial charge in [0.25, 0.3) is 0 Å². The van der Waals surface area contributed by atoms with Crippen molar-refractivity contribution in [3.63, 3.8) is 0 Å². The second kappa shape index (κ2) is 5.64. The first-order chi connectivity index (χ1) is 8.93. The lowest BCUT2D eigenvalue weighted by molar-refractivity contribution is 0.338. The van der Waals surface area contributed by atoms with Crippen LogP contribution in [0.15, 0.2) is 40.6 Å². The van der Waals surface area contributed by atoms with Crippen LogP contribution in [0.1, 0.15) is 44.9 Å². The quantitative estimate of drug-likeness (QED) is 0.642. The van der Waals surface area contributed by atoms with Crippen LogP contribution in [0.2, 0.25) is 0 Å². The molecule has 2 saturated carbocycles. The molecule has 0 aromatic heterocycles. The van der Waals surface area contributed by atoms with Gasteiger partial charge in [-0.25, -0.2) is 0 Å². The van der Waals surface area contributed by atoms with E-state index in [2.05, 4.69) is 10.2 Å². The summed E-state index contributed by atoms with van der Waals surface area (Å²) in [5, 5.41) is 9.08. The Morgan fingerprint density at radius 1 is 0.833 bits per heavy atom. The minimum Gasteiger partial charge on any atom is -0.185 e. The zero-order chi connectivity index (χ0) is 12.2. The summed E-state index contributed by atoms with van der Waals surface area (Å²) in [6, 6.07) is 10.6. The molecule has 2 fully saturated rings. The molecule has 1 aromatic rings. The van der Waals surface area contributed by atoms with E-state index < -0.39 is 0 Å². The third-order valence-corrected chi connectivity index (χ3v) is 4.62. The number of fused-ring (bicyclic) bond motifs is 1. The van der Waals surface area contributed by atoms with Crippen LogP contribution in [-0.4, -0.2) is 6.04 Å². The van der Waals surface area contributed by atoms with Crippen molar-refractivity contribution in [3.05, 3.63) is 30.3 Å². The number of nitrogens with zero attached hydrogens (tertiary/aromatic N) is 2. The predicted molar refractivity (Wildman–Crippen MR) is 74.0 cm³/mol. The van der Waals surface area contributed by atoms with Gasteiger partial charge in [-0.1, -0.05) is 43.9 Å². The highest BCUT2D eigenvalue weighted by molar-refractivity contribution is 5.34. The van der Waals surface area contributed by atoms with Gasteiger partial charge >= 0.3 is 0 Å². The maximum absolute atomic E-state index is 4.64. The molecule has 2 heteroatoms. The Kier molecular flexibility index (Phi) is 3.72. The fraction of sp³-hybridized carbons (Fsp3) is 0.625. The van der Waals surface area contributed by atoms with Crippen molar-refractivity contribution in [2.24, 2.45) is 22.1 Å². The summed E-state index contributed by atoms with van der Waals surface area (Å²) in [7, 11) is 0. The van der Waals surface area contributed by atoms with Gasteiger partial charge in [0.2, 0.25) is 0 Å². The summed E-state index contributed by atoms with van der Waals surface area (Å²) >= 11 is 0. The van der Waals surface area contributed by atoms with E-state index >= 15 is 0 Å². The summed E-state index contributed by atoms with van der Waals surface area (Å²) in [4.78, 5) is 0. The highest BCUT2D eigenvalue weighted by Gasteiger charge is 2.36. The molecule has 0 bridgehead atoms. The Morgan fingerprint density at radius 3 is 2.56 bits per heavy atom. The van der Waals surface area contributed by atoms with Crippen molar-refractivity contribution in [3.8, 4) is 0 Å². The van der Waals surface area contributed by atoms with E-state index in [1.807, 2.05) is 30.3 Å². The molecule has 2 nitrogen and oxygen atoms in total. The third kappa shape index (κ3) is 2.63. The lowest BCUT2D eigenvalue weighted by Crippen LogP contribution is -2.16. The minimum absolute atomic E-state index is 0.494. The van der Waals surface area contributed by atoms with Crippen LogP contribution in [0.4, 0.5) is 5.69 Å². The lowest BCUT2D eigenvalue weighted by atomic mass is 9.90. The zero-order valence-electron chi connectivity index (χ0n) is 11.0. The molecule has 3 atom stereocenters. The first-order valence-electron chi connectivity index (χ1n) is 7.39. The third-order valence-electron chi connectivity index (χ3n) is 4.62. The Morgan fingerprint density at radius 2 is 1.67 bits per heavy atom. The molecule has 96 valence electrons. The van der Waals surface area contributed by atoms with E-state index in [1.54, 1.807) is 0 Å². The Balaban J connectivity index is 1.67. The standard InChI is InChI=1S/C16H22N2/c1-3-7-13-11-12-16(15(13)10-6-1)18-17-14-8-4-2-5-9-14/h2,4-5,8-9,13,15-16H,1,3,6-7,10-12H2. The van der Waals surface area contributed by atoms with Gasteiger partial charge in [0.15, 0.2) is 0 Å². The fourth-order valence-electron chi connectivity index (χ4n) is 3.66. The normalized spacial score (nSPS) is 32.3. The average Bonchev–Trinajstić information content (AvgIpc) is 2.65. The molecule has 0 spiro atoms. The van der Waals surface area contributed by atoms with E-state index in [1.165, 1.54) is 44.9 Å². The van der Waals surface area contributed by atoms with Crippen molar-refractivity contribution in [1.29, 1.82) is 0 Å². The molecule has 1 aromatic carbocycles. The van der Waals surface area contributed by atoms with Crippen LogP contribution in [0.3, 0.4) is 0 Å². The Bertz CT molecular complexity index is 399. The van der Waals surface area contributed by atoms with Gasteiger partial charge in [0, 0.05) is 0 Å². The van der Waals surface area contributed by atoms with E-state index in [0.717, 1.165) is 17.5 Å². The SMILES string of the molecule is c1ccc(N=NC2CCC3CCCCCC32)cc1. The van der Waals surface area contributed by atoms with Crippen LogP contribution in [-0.2, 0) is 0 Å². The van der Waals surface area contributed by atoms with Crippen LogP contribution in [0.25, 0.3) is 0 Å². The maximum Gasteiger partial charge on any atom is 0.0852 e. The minimum atomic E-state index is 0.494. The van der Waals surface area contributed by atoms with Crippen molar-refractivity contribution < 1.29 is 0 Å². The molecular formula is C16H22N2. The molecule has 0 amide bonds. The molecular weight excluding hydrogens is 220 g/mol. The summed E-state index contributed by atoms with van der Waals surface area (Å²) in [6.45, 7) is 0. The molecule has 0 N–H and O–H groups in total. The molecule has 0 radical (unpaired) electrons. The molecule has 2 aliphatic carbocycles. The second-order valence-corrected chi connectivity index (χ2v) is 5.76. The second-order valence-electron chi connectivity index (χ2n) is 5.76. The number of hydrogen-bond donors (Lipinski definition) is 0. The maximum atomic E-state index is 4.64. The molecule has 18 heavy (non-hydrogen) atoms. The largest absolute Gasteiger partial charge is 0.185 e. The van der Waals surface area contributed by atoms with E-state index in [9.17, 15) is 0 Å². The van der Waals surface area contributed by atoms with Crippen molar-refractivity contribution >= 4 is 5.69 Å². The van der Waals surface area contributed by atoms with E-state index in [4.69, 9.17) is 0 Å². The van der Waals surface area contributed by atoms with Gasteiger partial charge in [-0.2, -0.15) is 10.2 Å². The van der Waals surface area contributed by atoms with Crippen LogP contribution in [0, 0.1) is 11.8 Å². The molecule has 0 heterocycles. The lowest BCUT2D eigenvalue weighted by Gasteiger charge is -2.18. The number of rotatable bonds is 2.